The lowest BCUT2D eigenvalue weighted by molar-refractivity contribution is -0.131. The van der Waals surface area contributed by atoms with Gasteiger partial charge in [0.2, 0.25) is 0 Å². The monoisotopic (exact) mass is 430 g/mol. The molecule has 0 aliphatic heterocycles. The number of benzene rings is 3. The minimum Gasteiger partial charge on any atom is -0.478 e. The predicted octanol–water partition coefficient (Wildman–Crippen LogP) is 6.30. The summed E-state index contributed by atoms with van der Waals surface area (Å²) in [6.07, 6.45) is 3.47. The van der Waals surface area contributed by atoms with E-state index in [0.717, 1.165) is 45.9 Å². The van der Waals surface area contributed by atoms with Crippen LogP contribution in [-0.4, -0.2) is 16.2 Å². The molecule has 156 valence electrons. The molecule has 3 aromatic rings. The first-order chi connectivity index (χ1) is 14.9. The quantitative estimate of drug-likeness (QED) is 0.178. The maximum absolute atomic E-state index is 10.8. The molecule has 0 atom stereocenters. The van der Waals surface area contributed by atoms with Gasteiger partial charge in [-0.05, 0) is 58.0 Å². The van der Waals surface area contributed by atoms with Gasteiger partial charge in [-0.25, -0.2) is 4.79 Å². The number of hydrogen-bond acceptors (Lipinski definition) is 3. The zero-order valence-corrected chi connectivity index (χ0v) is 17.9. The number of nitrogens with two attached hydrogens (primary N) is 1. The summed E-state index contributed by atoms with van der Waals surface area (Å²) < 4.78 is 0. The van der Waals surface area contributed by atoms with Crippen LogP contribution in [0.25, 0.3) is 17.2 Å². The van der Waals surface area contributed by atoms with E-state index in [1.807, 2.05) is 54.6 Å². The highest BCUT2D eigenvalue weighted by Crippen LogP contribution is 2.35. The smallest absolute Gasteiger partial charge is 0.328 e. The molecule has 31 heavy (non-hydrogen) atoms. The Morgan fingerprint density at radius 1 is 1.00 bits per heavy atom. The van der Waals surface area contributed by atoms with Crippen molar-refractivity contribution in [1.29, 1.82) is 5.41 Å². The summed E-state index contributed by atoms with van der Waals surface area (Å²) in [4.78, 5) is 10.8. The topological polar surface area (TPSA) is 87.2 Å². The number of nitrogen functional groups attached to an aromatic ring is 1. The number of carboxylic acids is 1. The normalized spacial score (nSPS) is 11.9. The van der Waals surface area contributed by atoms with Crippen molar-refractivity contribution in [2.75, 3.05) is 5.73 Å². The number of anilines is 1. The number of hydrogen-bond donors (Lipinski definition) is 3. The molecule has 0 saturated carbocycles. The molecule has 3 aromatic carbocycles. The van der Waals surface area contributed by atoms with Gasteiger partial charge in [0.05, 0.1) is 0 Å². The summed E-state index contributed by atoms with van der Waals surface area (Å²) in [7, 11) is 0. The van der Waals surface area contributed by atoms with Crippen LogP contribution in [0.4, 0.5) is 5.69 Å². The first-order valence-corrected chi connectivity index (χ1v) is 10.2. The predicted molar refractivity (Wildman–Crippen MR) is 129 cm³/mol. The van der Waals surface area contributed by atoms with Crippen LogP contribution < -0.4 is 5.73 Å². The fourth-order valence-corrected chi connectivity index (χ4v) is 3.67. The van der Waals surface area contributed by atoms with E-state index < -0.39 is 5.97 Å². The van der Waals surface area contributed by atoms with Crippen LogP contribution in [-0.2, 0) is 4.79 Å². The Hall–Kier alpha value is -3.63. The van der Waals surface area contributed by atoms with Gasteiger partial charge in [0.1, 0.15) is 5.17 Å². The third-order valence-corrected chi connectivity index (χ3v) is 5.18. The van der Waals surface area contributed by atoms with Gasteiger partial charge in [-0.3, -0.25) is 5.41 Å². The number of carbonyl (C=O) groups is 1. The molecule has 0 saturated heterocycles. The van der Waals surface area contributed by atoms with Crippen molar-refractivity contribution < 1.29 is 9.90 Å². The summed E-state index contributed by atoms with van der Waals surface area (Å²) in [5, 5.41) is 16.6. The highest BCUT2D eigenvalue weighted by molar-refractivity contribution is 6.69. The molecule has 5 heteroatoms. The van der Waals surface area contributed by atoms with E-state index in [-0.39, 0.29) is 5.17 Å². The van der Waals surface area contributed by atoms with Crippen LogP contribution in [0.5, 0.6) is 0 Å². The van der Waals surface area contributed by atoms with E-state index in [1.54, 1.807) is 12.1 Å². The lowest BCUT2D eigenvalue weighted by Gasteiger charge is -2.18. The molecule has 0 spiro atoms. The number of aliphatic carboxylic acids is 1. The van der Waals surface area contributed by atoms with Crippen molar-refractivity contribution in [3.8, 4) is 0 Å². The Bertz CT molecular complexity index is 1160. The van der Waals surface area contributed by atoms with Crippen LogP contribution in [0.15, 0.2) is 78.9 Å². The fraction of sp³-hybridized carbons (Fsp3) is 0.0769. The maximum Gasteiger partial charge on any atom is 0.328 e. The molecular formula is C26H23ClN2O2. The second kappa shape index (κ2) is 9.92. The molecule has 0 heterocycles. The molecule has 0 aromatic heterocycles. The van der Waals surface area contributed by atoms with E-state index in [0.29, 0.717) is 11.3 Å². The van der Waals surface area contributed by atoms with Crippen molar-refractivity contribution in [2.24, 2.45) is 0 Å². The number of halogens is 1. The van der Waals surface area contributed by atoms with Crippen LogP contribution >= 0.6 is 11.6 Å². The Labute approximate surface area is 186 Å². The first kappa shape index (κ1) is 22.1. The Balaban J connectivity index is 2.23. The van der Waals surface area contributed by atoms with Crippen molar-refractivity contribution in [3.05, 3.63) is 107 Å². The average molecular weight is 431 g/mol. The van der Waals surface area contributed by atoms with E-state index in [4.69, 9.17) is 27.9 Å². The first-order valence-electron chi connectivity index (χ1n) is 9.85. The molecule has 0 fully saturated rings. The van der Waals surface area contributed by atoms with Gasteiger partial charge in [0.15, 0.2) is 0 Å². The second-order valence-electron chi connectivity index (χ2n) is 6.98. The minimum atomic E-state index is -0.986. The van der Waals surface area contributed by atoms with Gasteiger partial charge in [-0.1, -0.05) is 79.2 Å². The number of rotatable bonds is 7. The van der Waals surface area contributed by atoms with Crippen LogP contribution in [0, 0.1) is 5.41 Å². The SMILES string of the molecule is CC/C(=C(/c1ccc(/C=C/C(=O)O)cc1)c1ccc(N)c(C(=N)Cl)c1)c1ccccc1. The minimum absolute atomic E-state index is 0.106. The highest BCUT2D eigenvalue weighted by atomic mass is 35.5. The highest BCUT2D eigenvalue weighted by Gasteiger charge is 2.15. The summed E-state index contributed by atoms with van der Waals surface area (Å²) >= 11 is 5.97. The van der Waals surface area contributed by atoms with Gasteiger partial charge in [0, 0.05) is 17.3 Å². The molecule has 0 unspecified atom stereocenters. The largest absolute Gasteiger partial charge is 0.478 e. The number of carboxylic acid groups (broad SMARTS) is 1. The molecule has 4 N–H and O–H groups in total. The molecule has 0 aliphatic carbocycles. The number of allylic oxidation sites excluding steroid dienone is 1. The summed E-state index contributed by atoms with van der Waals surface area (Å²) in [6.45, 7) is 2.11. The molecule has 3 rings (SSSR count). The molecule has 0 amide bonds. The van der Waals surface area contributed by atoms with Crippen molar-refractivity contribution in [3.63, 3.8) is 0 Å². The zero-order valence-electron chi connectivity index (χ0n) is 17.1. The molecule has 0 bridgehead atoms. The van der Waals surface area contributed by atoms with Gasteiger partial charge in [-0.2, -0.15) is 0 Å². The Morgan fingerprint density at radius 3 is 2.23 bits per heavy atom. The molecule has 0 radical (unpaired) electrons. The summed E-state index contributed by atoms with van der Waals surface area (Å²) in [6, 6.07) is 23.4. The molecular weight excluding hydrogens is 408 g/mol. The fourth-order valence-electron chi connectivity index (χ4n) is 3.51. The van der Waals surface area contributed by atoms with Crippen LogP contribution in [0.3, 0.4) is 0 Å². The van der Waals surface area contributed by atoms with E-state index in [2.05, 4.69) is 19.1 Å². The van der Waals surface area contributed by atoms with Crippen molar-refractivity contribution in [2.45, 2.75) is 13.3 Å². The summed E-state index contributed by atoms with van der Waals surface area (Å²) in [5.41, 5.74) is 12.9. The van der Waals surface area contributed by atoms with Gasteiger partial charge < -0.3 is 10.8 Å². The van der Waals surface area contributed by atoms with E-state index >= 15 is 0 Å². The average Bonchev–Trinajstić information content (AvgIpc) is 2.77. The van der Waals surface area contributed by atoms with Crippen LogP contribution in [0.1, 0.15) is 41.2 Å². The maximum atomic E-state index is 10.8. The third kappa shape index (κ3) is 5.30. The van der Waals surface area contributed by atoms with Gasteiger partial charge >= 0.3 is 5.97 Å². The Morgan fingerprint density at radius 2 is 1.65 bits per heavy atom. The summed E-state index contributed by atoms with van der Waals surface area (Å²) in [5.74, 6) is -0.986. The Kier molecular flexibility index (Phi) is 7.06. The molecule has 0 aliphatic rings. The lowest BCUT2D eigenvalue weighted by Crippen LogP contribution is -2.01. The standard InChI is InChI=1S/C26H23ClN2O2/c1-2-21(18-6-4-3-5-7-18)25(20-13-14-23(28)22(16-20)26(27)29)19-11-8-17(9-12-19)10-15-24(30)31/h3-16,29H,2,28H2,1H3,(H,30,31)/b15-10+,25-21+,29-26?. The van der Waals surface area contributed by atoms with Gasteiger partial charge in [0.25, 0.3) is 0 Å². The third-order valence-electron chi connectivity index (χ3n) is 4.97. The lowest BCUT2D eigenvalue weighted by atomic mass is 9.87. The van der Waals surface area contributed by atoms with Gasteiger partial charge in [-0.15, -0.1) is 0 Å². The molecule has 4 nitrogen and oxygen atoms in total. The number of nitrogens with one attached hydrogen (secondary N) is 1. The van der Waals surface area contributed by atoms with E-state index in [9.17, 15) is 4.79 Å². The second-order valence-corrected chi connectivity index (χ2v) is 7.36. The zero-order chi connectivity index (χ0) is 22.4. The van der Waals surface area contributed by atoms with Crippen LogP contribution in [0.2, 0.25) is 0 Å². The van der Waals surface area contributed by atoms with E-state index in [1.165, 1.54) is 0 Å². The van der Waals surface area contributed by atoms with Crippen molar-refractivity contribution in [1.82, 2.24) is 0 Å². The van der Waals surface area contributed by atoms with Crippen molar-refractivity contribution >= 4 is 45.7 Å².